The molecule has 19 heavy (non-hydrogen) atoms. The number of nitrogens with zero attached hydrogens (tertiary/aromatic N) is 1. The number of hydrogen-bond acceptors (Lipinski definition) is 3. The van der Waals surface area contributed by atoms with E-state index in [-0.39, 0.29) is 11.6 Å². The summed E-state index contributed by atoms with van der Waals surface area (Å²) in [6.45, 7) is 0.720. The van der Waals surface area contributed by atoms with Crippen LogP contribution < -0.4 is 16.6 Å². The van der Waals surface area contributed by atoms with Crippen molar-refractivity contribution in [1.29, 1.82) is 0 Å². The van der Waals surface area contributed by atoms with Gasteiger partial charge in [0.05, 0.1) is 18.7 Å². The van der Waals surface area contributed by atoms with Gasteiger partial charge in [0, 0.05) is 12.8 Å². The van der Waals surface area contributed by atoms with Gasteiger partial charge in [-0.3, -0.25) is 5.43 Å². The fourth-order valence-corrected chi connectivity index (χ4v) is 1.28. The number of hydrazine groups is 1. The third-order valence-electron chi connectivity index (χ3n) is 2.15. The Morgan fingerprint density at radius 3 is 2.74 bits per heavy atom. The molecule has 0 unspecified atom stereocenters. The predicted molar refractivity (Wildman–Crippen MR) is 66.6 cm³/mol. The van der Waals surface area contributed by atoms with E-state index in [1.807, 2.05) is 0 Å². The van der Waals surface area contributed by atoms with Crippen molar-refractivity contribution in [1.82, 2.24) is 5.43 Å². The van der Waals surface area contributed by atoms with E-state index in [1.54, 1.807) is 0 Å². The SMILES string of the molecule is COCCN=C(NN)Nc1cccc(C(F)(F)F)c1. The van der Waals surface area contributed by atoms with Crippen LogP contribution in [0.5, 0.6) is 0 Å². The van der Waals surface area contributed by atoms with Crippen molar-refractivity contribution in [3.05, 3.63) is 29.8 Å². The standard InChI is InChI=1S/C11H15F3N4O/c1-19-6-5-16-10(18-15)17-9-4-2-3-8(7-9)11(12,13)14/h2-4,7H,5-6,15H2,1H3,(H2,16,17,18). The van der Waals surface area contributed by atoms with Gasteiger partial charge in [-0.1, -0.05) is 6.07 Å². The minimum Gasteiger partial charge on any atom is -0.383 e. The van der Waals surface area contributed by atoms with Gasteiger partial charge >= 0.3 is 6.18 Å². The zero-order valence-electron chi connectivity index (χ0n) is 10.3. The number of hydrogen-bond donors (Lipinski definition) is 3. The number of nitrogens with one attached hydrogen (secondary N) is 2. The molecular formula is C11H15F3N4O. The van der Waals surface area contributed by atoms with Gasteiger partial charge in [0.15, 0.2) is 0 Å². The summed E-state index contributed by atoms with van der Waals surface area (Å²) in [4.78, 5) is 3.98. The Hall–Kier alpha value is -1.80. The van der Waals surface area contributed by atoms with Crippen molar-refractivity contribution in [2.24, 2.45) is 10.8 Å². The molecule has 0 saturated heterocycles. The molecule has 0 amide bonds. The van der Waals surface area contributed by atoms with E-state index in [4.69, 9.17) is 10.6 Å². The van der Waals surface area contributed by atoms with Crippen LogP contribution in [0.25, 0.3) is 0 Å². The molecular weight excluding hydrogens is 261 g/mol. The number of aliphatic imine (C=N–C) groups is 1. The van der Waals surface area contributed by atoms with E-state index in [9.17, 15) is 13.2 Å². The average molecular weight is 276 g/mol. The molecule has 5 nitrogen and oxygen atoms in total. The average Bonchev–Trinajstić information content (AvgIpc) is 2.37. The highest BCUT2D eigenvalue weighted by Gasteiger charge is 2.30. The van der Waals surface area contributed by atoms with E-state index in [1.165, 1.54) is 19.2 Å². The number of halogens is 3. The van der Waals surface area contributed by atoms with Crippen LogP contribution in [0.4, 0.5) is 18.9 Å². The highest BCUT2D eigenvalue weighted by molar-refractivity contribution is 5.93. The second-order valence-corrected chi connectivity index (χ2v) is 3.57. The summed E-state index contributed by atoms with van der Waals surface area (Å²) in [6.07, 6.45) is -4.39. The summed E-state index contributed by atoms with van der Waals surface area (Å²) in [5, 5.41) is 2.66. The molecule has 0 atom stereocenters. The van der Waals surface area contributed by atoms with Crippen LogP contribution in [0.15, 0.2) is 29.3 Å². The number of nitrogens with two attached hydrogens (primary N) is 1. The van der Waals surface area contributed by atoms with Crippen LogP contribution in [-0.4, -0.2) is 26.2 Å². The third-order valence-corrected chi connectivity index (χ3v) is 2.15. The Labute approximate surface area is 108 Å². The number of anilines is 1. The lowest BCUT2D eigenvalue weighted by molar-refractivity contribution is -0.137. The summed E-state index contributed by atoms with van der Waals surface area (Å²) in [5.41, 5.74) is 1.76. The Bertz CT molecular complexity index is 434. The van der Waals surface area contributed by atoms with E-state index in [0.29, 0.717) is 13.2 Å². The zero-order chi connectivity index (χ0) is 14.3. The first-order valence-corrected chi connectivity index (χ1v) is 5.41. The third kappa shape index (κ3) is 5.14. The molecule has 0 saturated carbocycles. The largest absolute Gasteiger partial charge is 0.416 e. The van der Waals surface area contributed by atoms with Gasteiger partial charge < -0.3 is 10.1 Å². The molecule has 0 radical (unpaired) electrons. The monoisotopic (exact) mass is 276 g/mol. The quantitative estimate of drug-likeness (QED) is 0.257. The van der Waals surface area contributed by atoms with Crippen molar-refractivity contribution in [2.45, 2.75) is 6.18 Å². The molecule has 0 fully saturated rings. The summed E-state index contributed by atoms with van der Waals surface area (Å²) in [5.74, 6) is 5.38. The van der Waals surface area contributed by atoms with E-state index < -0.39 is 11.7 Å². The van der Waals surface area contributed by atoms with E-state index in [2.05, 4.69) is 15.7 Å². The van der Waals surface area contributed by atoms with Crippen LogP contribution in [-0.2, 0) is 10.9 Å². The topological polar surface area (TPSA) is 71.7 Å². The zero-order valence-corrected chi connectivity index (χ0v) is 10.3. The van der Waals surface area contributed by atoms with Crippen molar-refractivity contribution in [2.75, 3.05) is 25.6 Å². The summed E-state index contributed by atoms with van der Waals surface area (Å²) >= 11 is 0. The minimum atomic E-state index is -4.39. The Kier molecular flexibility index (Phi) is 5.58. The Balaban J connectivity index is 2.78. The summed E-state index contributed by atoms with van der Waals surface area (Å²) < 4.78 is 42.4. The molecule has 0 heterocycles. The fourth-order valence-electron chi connectivity index (χ4n) is 1.28. The molecule has 0 bridgehead atoms. The lowest BCUT2D eigenvalue weighted by Crippen LogP contribution is -2.36. The predicted octanol–water partition coefficient (Wildman–Crippen LogP) is 1.58. The van der Waals surface area contributed by atoms with Gasteiger partial charge in [0.2, 0.25) is 5.96 Å². The molecule has 8 heteroatoms. The normalized spacial score (nSPS) is 12.4. The maximum absolute atomic E-state index is 12.5. The summed E-state index contributed by atoms with van der Waals surface area (Å²) in [7, 11) is 1.52. The molecule has 0 aromatic heterocycles. The minimum absolute atomic E-state index is 0.163. The van der Waals surface area contributed by atoms with Crippen LogP contribution >= 0.6 is 0 Å². The second kappa shape index (κ2) is 6.95. The van der Waals surface area contributed by atoms with Gasteiger partial charge in [-0.15, -0.1) is 0 Å². The smallest absolute Gasteiger partial charge is 0.383 e. The molecule has 106 valence electrons. The molecule has 1 aromatic rings. The van der Waals surface area contributed by atoms with Crippen LogP contribution in [0.2, 0.25) is 0 Å². The first-order chi connectivity index (χ1) is 8.97. The van der Waals surface area contributed by atoms with Gasteiger partial charge in [0.1, 0.15) is 0 Å². The van der Waals surface area contributed by atoms with E-state index in [0.717, 1.165) is 12.1 Å². The number of benzene rings is 1. The van der Waals surface area contributed by atoms with Crippen LogP contribution in [0, 0.1) is 0 Å². The van der Waals surface area contributed by atoms with Gasteiger partial charge in [0.25, 0.3) is 0 Å². The number of alkyl halides is 3. The number of rotatable bonds is 4. The number of methoxy groups -OCH3 is 1. The van der Waals surface area contributed by atoms with Gasteiger partial charge in [-0.25, -0.2) is 10.8 Å². The van der Waals surface area contributed by atoms with E-state index >= 15 is 0 Å². The number of guanidine groups is 1. The Morgan fingerprint density at radius 1 is 1.42 bits per heavy atom. The number of ether oxygens (including phenoxy) is 1. The highest BCUT2D eigenvalue weighted by Crippen LogP contribution is 2.30. The maximum atomic E-state index is 12.5. The van der Waals surface area contributed by atoms with Crippen LogP contribution in [0.1, 0.15) is 5.56 Å². The van der Waals surface area contributed by atoms with Crippen molar-refractivity contribution >= 4 is 11.6 Å². The van der Waals surface area contributed by atoms with Gasteiger partial charge in [-0.05, 0) is 18.2 Å². The second-order valence-electron chi connectivity index (χ2n) is 3.57. The first kappa shape index (κ1) is 15.3. The molecule has 1 aromatic carbocycles. The summed E-state index contributed by atoms with van der Waals surface area (Å²) in [6, 6.07) is 4.75. The fraction of sp³-hybridized carbons (Fsp3) is 0.364. The lowest BCUT2D eigenvalue weighted by Gasteiger charge is -2.12. The van der Waals surface area contributed by atoms with Crippen LogP contribution in [0.3, 0.4) is 0 Å². The van der Waals surface area contributed by atoms with Crippen molar-refractivity contribution < 1.29 is 17.9 Å². The molecule has 0 spiro atoms. The first-order valence-electron chi connectivity index (χ1n) is 5.41. The molecule has 1 rings (SSSR count). The highest BCUT2D eigenvalue weighted by atomic mass is 19.4. The Morgan fingerprint density at radius 2 is 2.16 bits per heavy atom. The molecule has 0 aliphatic rings. The van der Waals surface area contributed by atoms with Crippen molar-refractivity contribution in [3.63, 3.8) is 0 Å². The maximum Gasteiger partial charge on any atom is 0.416 e. The molecule has 0 aliphatic heterocycles. The lowest BCUT2D eigenvalue weighted by atomic mass is 10.2. The molecule has 4 N–H and O–H groups in total. The van der Waals surface area contributed by atoms with Gasteiger partial charge in [-0.2, -0.15) is 13.2 Å². The van der Waals surface area contributed by atoms with Crippen molar-refractivity contribution in [3.8, 4) is 0 Å². The molecule has 0 aliphatic carbocycles.